The Bertz CT molecular complexity index is 545. The number of hydrogen-bond acceptors (Lipinski definition) is 9. The molecule has 0 spiro atoms. The first-order valence-electron chi connectivity index (χ1n) is 17.5. The Hall–Kier alpha value is -0.800. The van der Waals surface area contributed by atoms with E-state index in [9.17, 15) is 0 Å². The van der Waals surface area contributed by atoms with E-state index in [2.05, 4.69) is 12.8 Å². The van der Waals surface area contributed by atoms with Crippen LogP contribution in [0, 0.1) is 12.3 Å². The minimum absolute atomic E-state index is 0.315. The quantitative estimate of drug-likeness (QED) is 0.0575. The average Bonchev–Trinajstić information content (AvgIpc) is 3.04. The Morgan fingerprint density at radius 2 is 0.523 bits per heavy atom. The molecule has 9 heteroatoms. The van der Waals surface area contributed by atoms with Gasteiger partial charge in [-0.05, 0) is 6.42 Å². The van der Waals surface area contributed by atoms with Gasteiger partial charge in [-0.1, -0.05) is 96.3 Å². The van der Waals surface area contributed by atoms with Gasteiger partial charge in [-0.15, -0.1) is 6.42 Å². The molecule has 0 aliphatic rings. The summed E-state index contributed by atoms with van der Waals surface area (Å²) >= 11 is 0. The third-order valence-electron chi connectivity index (χ3n) is 6.80. The molecular formula is C35H68O9. The van der Waals surface area contributed by atoms with Gasteiger partial charge in [0.2, 0.25) is 0 Å². The molecule has 9 nitrogen and oxygen atoms in total. The lowest BCUT2D eigenvalue weighted by Gasteiger charge is -2.09. The van der Waals surface area contributed by atoms with Crippen molar-refractivity contribution in [3.8, 4) is 12.3 Å². The van der Waals surface area contributed by atoms with Gasteiger partial charge in [0.1, 0.15) is 6.61 Å². The molecule has 0 aromatic rings. The molecule has 0 amide bonds. The van der Waals surface area contributed by atoms with E-state index in [4.69, 9.17) is 49.1 Å². The number of ether oxygens (including phenoxy) is 9. The van der Waals surface area contributed by atoms with Crippen LogP contribution in [0.3, 0.4) is 0 Å². The summed E-state index contributed by atoms with van der Waals surface area (Å²) in [5.41, 5.74) is 0. The van der Waals surface area contributed by atoms with Crippen LogP contribution in [0.25, 0.3) is 0 Å². The third kappa shape index (κ3) is 41.2. The summed E-state index contributed by atoms with van der Waals surface area (Å²) in [7, 11) is 0. The summed E-state index contributed by atoms with van der Waals surface area (Å²) < 4.78 is 49.0. The van der Waals surface area contributed by atoms with Gasteiger partial charge in [-0.2, -0.15) is 0 Å². The zero-order chi connectivity index (χ0) is 31.7. The topological polar surface area (TPSA) is 83.1 Å². The fraction of sp³-hybridized carbons (Fsp3) is 0.943. The Kier molecular flexibility index (Phi) is 41.4. The highest BCUT2D eigenvalue weighted by atomic mass is 16.6. The zero-order valence-electron chi connectivity index (χ0n) is 28.4. The second-order valence-corrected chi connectivity index (χ2v) is 10.8. The highest BCUT2D eigenvalue weighted by Crippen LogP contribution is 2.12. The summed E-state index contributed by atoms with van der Waals surface area (Å²) in [6.45, 7) is 12.2. The summed E-state index contributed by atoms with van der Waals surface area (Å²) in [5.74, 6) is 2.40. The van der Waals surface area contributed by atoms with E-state index in [1.165, 1.54) is 83.5 Å². The Morgan fingerprint density at radius 1 is 0.295 bits per heavy atom. The Balaban J connectivity index is 3.03. The van der Waals surface area contributed by atoms with E-state index in [-0.39, 0.29) is 0 Å². The lowest BCUT2D eigenvalue weighted by Crippen LogP contribution is -2.15. The molecule has 0 saturated heterocycles. The summed E-state index contributed by atoms with van der Waals surface area (Å²) in [6, 6.07) is 0. The smallest absolute Gasteiger partial charge is 0.107 e. The predicted octanol–water partition coefficient (Wildman–Crippen LogP) is 6.25. The first kappa shape index (κ1) is 43.2. The lowest BCUT2D eigenvalue weighted by molar-refractivity contribution is -0.0246. The van der Waals surface area contributed by atoms with Gasteiger partial charge in [-0.25, -0.2) is 0 Å². The van der Waals surface area contributed by atoms with E-state index >= 15 is 0 Å². The van der Waals surface area contributed by atoms with E-state index in [1.54, 1.807) is 0 Å². The zero-order valence-corrected chi connectivity index (χ0v) is 28.4. The van der Waals surface area contributed by atoms with Crippen molar-refractivity contribution in [1.82, 2.24) is 0 Å². The van der Waals surface area contributed by atoms with Crippen LogP contribution in [0.15, 0.2) is 0 Å². The lowest BCUT2D eigenvalue weighted by atomic mass is 10.0. The first-order valence-corrected chi connectivity index (χ1v) is 17.5. The fourth-order valence-electron chi connectivity index (χ4n) is 4.29. The van der Waals surface area contributed by atoms with Crippen LogP contribution >= 0.6 is 0 Å². The van der Waals surface area contributed by atoms with Crippen LogP contribution in [0.2, 0.25) is 0 Å². The van der Waals surface area contributed by atoms with Crippen molar-refractivity contribution in [1.29, 1.82) is 0 Å². The van der Waals surface area contributed by atoms with Crippen molar-refractivity contribution < 1.29 is 42.6 Å². The molecular weight excluding hydrogens is 564 g/mol. The van der Waals surface area contributed by atoms with Crippen molar-refractivity contribution >= 4 is 0 Å². The molecule has 0 heterocycles. The van der Waals surface area contributed by atoms with Gasteiger partial charge < -0.3 is 42.6 Å². The van der Waals surface area contributed by atoms with Gasteiger partial charge in [0, 0.05) is 6.61 Å². The van der Waals surface area contributed by atoms with Gasteiger partial charge >= 0.3 is 0 Å². The van der Waals surface area contributed by atoms with Gasteiger partial charge in [-0.3, -0.25) is 0 Å². The van der Waals surface area contributed by atoms with Crippen molar-refractivity contribution in [2.24, 2.45) is 0 Å². The minimum atomic E-state index is 0.315. The van der Waals surface area contributed by atoms with Crippen LogP contribution in [0.1, 0.15) is 96.8 Å². The molecule has 0 aromatic carbocycles. The molecule has 262 valence electrons. The number of terminal acetylenes is 1. The van der Waals surface area contributed by atoms with Gasteiger partial charge in [0.25, 0.3) is 0 Å². The van der Waals surface area contributed by atoms with Crippen molar-refractivity contribution in [2.75, 3.05) is 119 Å². The van der Waals surface area contributed by atoms with Crippen LogP contribution in [-0.2, 0) is 42.6 Å². The van der Waals surface area contributed by atoms with E-state index in [0.717, 1.165) is 13.0 Å². The fourth-order valence-corrected chi connectivity index (χ4v) is 4.29. The molecule has 0 rings (SSSR count). The molecule has 44 heavy (non-hydrogen) atoms. The molecule has 0 unspecified atom stereocenters. The maximum atomic E-state index is 5.67. The molecule has 0 aromatic heterocycles. The standard InChI is InChI=1S/C35H68O9/c1-3-5-6-7-8-9-10-11-12-13-14-15-16-17-19-37-21-23-39-25-27-41-29-31-43-33-35-44-34-32-42-30-28-40-26-24-38-22-20-36-18-4-2/h2H,3,5-35H2,1H3. The molecule has 0 radical (unpaired) electrons. The monoisotopic (exact) mass is 632 g/mol. The van der Waals surface area contributed by atoms with Crippen molar-refractivity contribution in [3.05, 3.63) is 0 Å². The van der Waals surface area contributed by atoms with Crippen LogP contribution in [-0.4, -0.2) is 119 Å². The van der Waals surface area contributed by atoms with Crippen LogP contribution < -0.4 is 0 Å². The highest BCUT2D eigenvalue weighted by molar-refractivity contribution is 4.82. The molecule has 0 bridgehead atoms. The van der Waals surface area contributed by atoms with E-state index < -0.39 is 0 Å². The largest absolute Gasteiger partial charge is 0.379 e. The summed E-state index contributed by atoms with van der Waals surface area (Å²) in [6.07, 6.45) is 24.4. The summed E-state index contributed by atoms with van der Waals surface area (Å²) in [4.78, 5) is 0. The number of rotatable bonds is 40. The van der Waals surface area contributed by atoms with Crippen LogP contribution in [0.4, 0.5) is 0 Å². The van der Waals surface area contributed by atoms with Crippen LogP contribution in [0.5, 0.6) is 0 Å². The summed E-state index contributed by atoms with van der Waals surface area (Å²) in [5, 5.41) is 0. The molecule has 0 fully saturated rings. The first-order chi connectivity index (χ1) is 21.9. The minimum Gasteiger partial charge on any atom is -0.379 e. The molecule has 0 N–H and O–H groups in total. The second kappa shape index (κ2) is 42.2. The van der Waals surface area contributed by atoms with Crippen molar-refractivity contribution in [2.45, 2.75) is 96.8 Å². The SMILES string of the molecule is C#CCOCCOCCOCCOCCOCCOCCOCCOCCOCCCCCCCCCCCCCCCC. The average molecular weight is 633 g/mol. The number of hydrogen-bond donors (Lipinski definition) is 0. The van der Waals surface area contributed by atoms with E-state index in [0.29, 0.717) is 112 Å². The molecule has 0 saturated carbocycles. The molecule has 0 aliphatic heterocycles. The van der Waals surface area contributed by atoms with Gasteiger partial charge in [0.05, 0.1) is 106 Å². The maximum Gasteiger partial charge on any atom is 0.107 e. The van der Waals surface area contributed by atoms with Crippen molar-refractivity contribution in [3.63, 3.8) is 0 Å². The predicted molar refractivity (Wildman–Crippen MR) is 177 cm³/mol. The highest BCUT2D eigenvalue weighted by Gasteiger charge is 1.97. The van der Waals surface area contributed by atoms with E-state index in [1.807, 2.05) is 0 Å². The Morgan fingerprint density at radius 3 is 0.795 bits per heavy atom. The normalized spacial score (nSPS) is 11.4. The maximum absolute atomic E-state index is 5.67. The Labute approximate surface area is 270 Å². The third-order valence-corrected chi connectivity index (χ3v) is 6.80. The molecule has 0 aliphatic carbocycles. The second-order valence-electron chi connectivity index (χ2n) is 10.8. The number of unbranched alkanes of at least 4 members (excludes halogenated alkanes) is 13. The molecule has 0 atom stereocenters. The van der Waals surface area contributed by atoms with Gasteiger partial charge in [0.15, 0.2) is 0 Å².